The Balaban J connectivity index is 1.75. The van der Waals surface area contributed by atoms with E-state index < -0.39 is 6.04 Å². The van der Waals surface area contributed by atoms with Crippen LogP contribution in [0.25, 0.3) is 0 Å². The fraction of sp³-hybridized carbons (Fsp3) is 0.364. The average molecular weight is 416 g/mol. The van der Waals surface area contributed by atoms with Gasteiger partial charge in [0.15, 0.2) is 0 Å². The summed E-state index contributed by atoms with van der Waals surface area (Å²) in [6.07, 6.45) is 2.04. The number of rotatable bonds is 7. The molecule has 6 nitrogen and oxygen atoms in total. The summed E-state index contributed by atoms with van der Waals surface area (Å²) < 4.78 is 5.28. The largest absolute Gasteiger partial charge is 0.495 e. The summed E-state index contributed by atoms with van der Waals surface area (Å²) in [5, 5.41) is 3.33. The van der Waals surface area contributed by atoms with E-state index in [1.165, 1.54) is 7.11 Å². The van der Waals surface area contributed by atoms with Gasteiger partial charge in [-0.05, 0) is 43.7 Å². The Bertz CT molecular complexity index is 854. The van der Waals surface area contributed by atoms with Crippen molar-refractivity contribution < 1.29 is 14.3 Å². The number of carbonyl (C=O) groups is 2. The molecule has 7 heteroatoms. The fourth-order valence-electron chi connectivity index (χ4n) is 3.62. The van der Waals surface area contributed by atoms with Crippen LogP contribution in [0.5, 0.6) is 5.75 Å². The van der Waals surface area contributed by atoms with Crippen LogP contribution in [-0.4, -0.2) is 55.4 Å². The number of hydrogen-bond acceptors (Lipinski definition) is 4. The molecule has 0 unspecified atom stereocenters. The lowest BCUT2D eigenvalue weighted by Crippen LogP contribution is -2.43. The van der Waals surface area contributed by atoms with E-state index in [9.17, 15) is 9.59 Å². The van der Waals surface area contributed by atoms with Gasteiger partial charge in [-0.2, -0.15) is 0 Å². The number of likely N-dealkylation sites (tertiary alicyclic amines) is 1. The minimum absolute atomic E-state index is 0.0318. The van der Waals surface area contributed by atoms with Crippen molar-refractivity contribution in [2.45, 2.75) is 18.9 Å². The van der Waals surface area contributed by atoms with Crippen molar-refractivity contribution >= 4 is 29.1 Å². The second kappa shape index (κ2) is 9.76. The molecule has 1 saturated heterocycles. The van der Waals surface area contributed by atoms with Gasteiger partial charge < -0.3 is 15.0 Å². The quantitative estimate of drug-likeness (QED) is 0.750. The molecule has 154 valence electrons. The SMILES string of the molecule is COc1ccc(Cl)cc1NC(=O)CN(C)[C@@H](C(=O)N1CCCC1)c1ccccc1. The number of nitrogens with one attached hydrogen (secondary N) is 1. The molecule has 1 atom stereocenters. The monoisotopic (exact) mass is 415 g/mol. The van der Waals surface area contributed by atoms with E-state index in [-0.39, 0.29) is 18.4 Å². The highest BCUT2D eigenvalue weighted by Crippen LogP contribution is 2.28. The van der Waals surface area contributed by atoms with Crippen LogP contribution in [0.4, 0.5) is 5.69 Å². The Morgan fingerprint density at radius 3 is 2.52 bits per heavy atom. The van der Waals surface area contributed by atoms with Crippen molar-refractivity contribution in [2.24, 2.45) is 0 Å². The molecule has 0 aromatic heterocycles. The summed E-state index contributed by atoms with van der Waals surface area (Å²) in [5.41, 5.74) is 1.38. The molecule has 0 bridgehead atoms. The molecule has 2 amide bonds. The van der Waals surface area contributed by atoms with Gasteiger partial charge in [-0.3, -0.25) is 14.5 Å². The predicted octanol–water partition coefficient (Wildman–Crippen LogP) is 3.58. The lowest BCUT2D eigenvalue weighted by molar-refractivity contribution is -0.136. The van der Waals surface area contributed by atoms with Gasteiger partial charge in [-0.1, -0.05) is 41.9 Å². The zero-order chi connectivity index (χ0) is 20.8. The van der Waals surface area contributed by atoms with Crippen molar-refractivity contribution in [1.29, 1.82) is 0 Å². The Morgan fingerprint density at radius 1 is 1.17 bits per heavy atom. The molecule has 1 aliphatic rings. The highest BCUT2D eigenvalue weighted by Gasteiger charge is 2.31. The van der Waals surface area contributed by atoms with Gasteiger partial charge in [-0.15, -0.1) is 0 Å². The van der Waals surface area contributed by atoms with Crippen LogP contribution in [0.2, 0.25) is 5.02 Å². The van der Waals surface area contributed by atoms with Gasteiger partial charge in [0.1, 0.15) is 11.8 Å². The van der Waals surface area contributed by atoms with Gasteiger partial charge in [0.2, 0.25) is 11.8 Å². The number of nitrogens with zero attached hydrogens (tertiary/aromatic N) is 2. The Hall–Kier alpha value is -2.57. The molecular weight excluding hydrogens is 390 g/mol. The minimum atomic E-state index is -0.513. The van der Waals surface area contributed by atoms with Gasteiger partial charge in [-0.25, -0.2) is 0 Å². The van der Waals surface area contributed by atoms with Gasteiger partial charge in [0.05, 0.1) is 19.3 Å². The van der Waals surface area contributed by atoms with E-state index in [4.69, 9.17) is 16.3 Å². The third kappa shape index (κ3) is 5.28. The molecule has 1 heterocycles. The smallest absolute Gasteiger partial charge is 0.244 e. The van der Waals surface area contributed by atoms with Crippen molar-refractivity contribution in [2.75, 3.05) is 39.1 Å². The number of hydrogen-bond donors (Lipinski definition) is 1. The maximum absolute atomic E-state index is 13.2. The summed E-state index contributed by atoms with van der Waals surface area (Å²) in [4.78, 5) is 29.6. The van der Waals surface area contributed by atoms with Crippen LogP contribution in [0, 0.1) is 0 Å². The van der Waals surface area contributed by atoms with Crippen molar-refractivity contribution in [3.63, 3.8) is 0 Å². The Morgan fingerprint density at radius 2 is 1.86 bits per heavy atom. The fourth-order valence-corrected chi connectivity index (χ4v) is 3.79. The maximum atomic E-state index is 13.2. The second-order valence-corrected chi connectivity index (χ2v) is 7.59. The Kier molecular flexibility index (Phi) is 7.12. The lowest BCUT2D eigenvalue weighted by Gasteiger charge is -2.30. The number of carbonyl (C=O) groups excluding carboxylic acids is 2. The normalized spacial score (nSPS) is 14.7. The average Bonchev–Trinajstić information content (AvgIpc) is 3.24. The van der Waals surface area contributed by atoms with Crippen LogP contribution in [0.1, 0.15) is 24.4 Å². The molecule has 0 radical (unpaired) electrons. The number of halogens is 1. The zero-order valence-corrected chi connectivity index (χ0v) is 17.5. The standard InChI is InChI=1S/C22H26ClN3O3/c1-25(15-20(27)24-18-14-17(23)10-11-19(18)29-2)21(16-8-4-3-5-9-16)22(28)26-12-6-7-13-26/h3-5,8-11,14,21H,6-7,12-13,15H2,1-2H3,(H,24,27)/t21-/m1/s1. The number of likely N-dealkylation sites (N-methyl/N-ethyl adjacent to an activating group) is 1. The van der Waals surface area contributed by atoms with E-state index in [2.05, 4.69) is 5.32 Å². The molecule has 1 fully saturated rings. The van der Waals surface area contributed by atoms with Crippen molar-refractivity contribution in [1.82, 2.24) is 9.80 Å². The number of benzene rings is 2. The van der Waals surface area contributed by atoms with Crippen LogP contribution in [-0.2, 0) is 9.59 Å². The number of amides is 2. The molecule has 2 aromatic carbocycles. The van der Waals surface area contributed by atoms with E-state index in [0.717, 1.165) is 31.5 Å². The molecule has 0 saturated carbocycles. The summed E-state index contributed by atoms with van der Waals surface area (Å²) in [6.45, 7) is 1.58. The van der Waals surface area contributed by atoms with E-state index in [0.29, 0.717) is 16.5 Å². The van der Waals surface area contributed by atoms with Crippen LogP contribution < -0.4 is 10.1 Å². The first-order chi connectivity index (χ1) is 14.0. The zero-order valence-electron chi connectivity index (χ0n) is 16.7. The first-order valence-corrected chi connectivity index (χ1v) is 10.0. The first-order valence-electron chi connectivity index (χ1n) is 9.67. The molecule has 29 heavy (non-hydrogen) atoms. The van der Waals surface area contributed by atoms with Gasteiger partial charge in [0.25, 0.3) is 0 Å². The summed E-state index contributed by atoms with van der Waals surface area (Å²) in [7, 11) is 3.32. The van der Waals surface area contributed by atoms with Crippen molar-refractivity contribution in [3.8, 4) is 5.75 Å². The van der Waals surface area contributed by atoms with Gasteiger partial charge in [0, 0.05) is 18.1 Å². The molecule has 1 N–H and O–H groups in total. The van der Waals surface area contributed by atoms with E-state index >= 15 is 0 Å². The molecule has 0 spiro atoms. The topological polar surface area (TPSA) is 61.9 Å². The second-order valence-electron chi connectivity index (χ2n) is 7.15. The van der Waals surface area contributed by atoms with E-state index in [1.54, 1.807) is 30.1 Å². The molecule has 1 aliphatic heterocycles. The van der Waals surface area contributed by atoms with Gasteiger partial charge >= 0.3 is 0 Å². The lowest BCUT2D eigenvalue weighted by atomic mass is 10.0. The molecule has 0 aliphatic carbocycles. The highest BCUT2D eigenvalue weighted by molar-refractivity contribution is 6.31. The summed E-state index contributed by atoms with van der Waals surface area (Å²) in [5.74, 6) is 0.311. The Labute approximate surface area is 176 Å². The maximum Gasteiger partial charge on any atom is 0.244 e. The number of ether oxygens (including phenoxy) is 1. The third-order valence-electron chi connectivity index (χ3n) is 5.04. The third-order valence-corrected chi connectivity index (χ3v) is 5.27. The molecule has 2 aromatic rings. The minimum Gasteiger partial charge on any atom is -0.495 e. The number of methoxy groups -OCH3 is 1. The highest BCUT2D eigenvalue weighted by atomic mass is 35.5. The predicted molar refractivity (Wildman–Crippen MR) is 114 cm³/mol. The summed E-state index contributed by atoms with van der Waals surface area (Å²) in [6, 6.07) is 14.1. The first kappa shape index (κ1) is 21.1. The van der Waals surface area contributed by atoms with Crippen molar-refractivity contribution in [3.05, 3.63) is 59.1 Å². The molecule has 3 rings (SSSR count). The van der Waals surface area contributed by atoms with E-state index in [1.807, 2.05) is 35.2 Å². The van der Waals surface area contributed by atoms with Crippen LogP contribution in [0.3, 0.4) is 0 Å². The number of anilines is 1. The van der Waals surface area contributed by atoms with Crippen LogP contribution in [0.15, 0.2) is 48.5 Å². The molecular formula is C22H26ClN3O3. The van der Waals surface area contributed by atoms with Crippen LogP contribution >= 0.6 is 11.6 Å². The summed E-state index contributed by atoms with van der Waals surface area (Å²) >= 11 is 6.04.